The van der Waals surface area contributed by atoms with Crippen LogP contribution in [0.3, 0.4) is 0 Å². The monoisotopic (exact) mass is 399 g/mol. The molecule has 1 N–H and O–H groups in total. The van der Waals surface area contributed by atoms with Gasteiger partial charge in [-0.2, -0.15) is 0 Å². The number of aromatic hydroxyl groups is 1. The molecule has 0 spiro atoms. The number of amides is 2. The normalized spacial score (nSPS) is 13.8. The number of nitro benzene ring substituents is 1. The summed E-state index contributed by atoms with van der Waals surface area (Å²) in [4.78, 5) is 38.3. The Kier molecular flexibility index (Phi) is 6.28. The fourth-order valence-corrected chi connectivity index (χ4v) is 3.02. The summed E-state index contributed by atoms with van der Waals surface area (Å²) in [7, 11) is 0. The number of rotatable bonds is 6. The minimum absolute atomic E-state index is 0.0202. The first-order chi connectivity index (χ1) is 13.9. The molecule has 1 aliphatic heterocycles. The summed E-state index contributed by atoms with van der Waals surface area (Å²) in [6, 6.07) is 11.8. The zero-order valence-corrected chi connectivity index (χ0v) is 15.7. The van der Waals surface area contributed by atoms with Crippen LogP contribution in [0, 0.1) is 10.1 Å². The second kappa shape index (κ2) is 9.05. The van der Waals surface area contributed by atoms with Crippen molar-refractivity contribution in [2.45, 2.75) is 6.42 Å². The van der Waals surface area contributed by atoms with Crippen LogP contribution in [0.4, 0.5) is 5.69 Å². The van der Waals surface area contributed by atoms with Crippen LogP contribution in [-0.4, -0.2) is 64.4 Å². The van der Waals surface area contributed by atoms with Gasteiger partial charge in [0.25, 0.3) is 11.6 Å². The Labute approximate surface area is 167 Å². The van der Waals surface area contributed by atoms with Crippen molar-refractivity contribution in [1.29, 1.82) is 0 Å². The number of phenols is 1. The molecule has 1 aliphatic rings. The number of ether oxygens (including phenoxy) is 1. The minimum Gasteiger partial charge on any atom is -0.508 e. The van der Waals surface area contributed by atoms with Crippen molar-refractivity contribution in [3.8, 4) is 11.5 Å². The van der Waals surface area contributed by atoms with Crippen molar-refractivity contribution in [2.24, 2.45) is 0 Å². The molecule has 0 saturated carbocycles. The Bertz CT molecular complexity index is 874. The summed E-state index contributed by atoms with van der Waals surface area (Å²) in [5.74, 6) is 0.378. The van der Waals surface area contributed by atoms with Gasteiger partial charge in [0.05, 0.1) is 18.0 Å². The number of hydrogen-bond acceptors (Lipinski definition) is 6. The van der Waals surface area contributed by atoms with Crippen molar-refractivity contribution >= 4 is 17.5 Å². The van der Waals surface area contributed by atoms with E-state index in [0.29, 0.717) is 37.5 Å². The molecule has 2 aromatic carbocycles. The fourth-order valence-electron chi connectivity index (χ4n) is 3.02. The zero-order valence-electron chi connectivity index (χ0n) is 15.7. The SMILES string of the molecule is O=C(CCOc1ccc([N+](=O)[O-])cc1)N1CCN(C(=O)c2ccc(O)cc2)CC1. The largest absolute Gasteiger partial charge is 0.508 e. The predicted octanol–water partition coefficient (Wildman–Crippen LogP) is 2.05. The molecule has 9 nitrogen and oxygen atoms in total. The smallest absolute Gasteiger partial charge is 0.269 e. The summed E-state index contributed by atoms with van der Waals surface area (Å²) in [5, 5.41) is 19.9. The lowest BCUT2D eigenvalue weighted by molar-refractivity contribution is -0.384. The Morgan fingerprint density at radius 1 is 0.966 bits per heavy atom. The van der Waals surface area contributed by atoms with E-state index in [2.05, 4.69) is 0 Å². The van der Waals surface area contributed by atoms with E-state index in [-0.39, 0.29) is 36.3 Å². The van der Waals surface area contributed by atoms with Crippen LogP contribution in [0.25, 0.3) is 0 Å². The topological polar surface area (TPSA) is 113 Å². The van der Waals surface area contributed by atoms with Crippen molar-refractivity contribution in [3.63, 3.8) is 0 Å². The van der Waals surface area contributed by atoms with Gasteiger partial charge in [0.1, 0.15) is 11.5 Å². The highest BCUT2D eigenvalue weighted by molar-refractivity contribution is 5.94. The molecule has 0 aliphatic carbocycles. The molecule has 2 aromatic rings. The maximum atomic E-state index is 12.5. The van der Waals surface area contributed by atoms with Crippen LogP contribution in [-0.2, 0) is 4.79 Å². The molecule has 1 saturated heterocycles. The van der Waals surface area contributed by atoms with Crippen molar-refractivity contribution < 1.29 is 24.4 Å². The number of piperazine rings is 1. The van der Waals surface area contributed by atoms with Crippen LogP contribution in [0.1, 0.15) is 16.8 Å². The summed E-state index contributed by atoms with van der Waals surface area (Å²) >= 11 is 0. The Morgan fingerprint density at radius 2 is 1.55 bits per heavy atom. The first-order valence-corrected chi connectivity index (χ1v) is 9.17. The van der Waals surface area contributed by atoms with E-state index in [0.717, 1.165) is 0 Å². The molecule has 0 aromatic heterocycles. The number of nitro groups is 1. The van der Waals surface area contributed by atoms with Gasteiger partial charge in [-0.1, -0.05) is 0 Å². The van der Waals surface area contributed by atoms with Gasteiger partial charge in [-0.15, -0.1) is 0 Å². The van der Waals surface area contributed by atoms with E-state index >= 15 is 0 Å². The van der Waals surface area contributed by atoms with Gasteiger partial charge in [0.2, 0.25) is 5.91 Å². The first kappa shape index (κ1) is 20.1. The summed E-state index contributed by atoms with van der Waals surface area (Å²) in [6.45, 7) is 1.94. The van der Waals surface area contributed by atoms with E-state index in [1.54, 1.807) is 21.9 Å². The van der Waals surface area contributed by atoms with Gasteiger partial charge in [-0.05, 0) is 36.4 Å². The molecule has 0 radical (unpaired) electrons. The molecule has 0 atom stereocenters. The zero-order chi connectivity index (χ0) is 20.8. The van der Waals surface area contributed by atoms with E-state index in [1.807, 2.05) is 0 Å². The Morgan fingerprint density at radius 3 is 2.14 bits per heavy atom. The molecular weight excluding hydrogens is 378 g/mol. The second-order valence-electron chi connectivity index (χ2n) is 6.57. The molecule has 2 amide bonds. The Balaban J connectivity index is 1.42. The molecule has 0 unspecified atom stereocenters. The highest BCUT2D eigenvalue weighted by Crippen LogP contribution is 2.18. The molecule has 1 fully saturated rings. The van der Waals surface area contributed by atoms with Crippen LogP contribution < -0.4 is 4.74 Å². The second-order valence-corrected chi connectivity index (χ2v) is 6.57. The van der Waals surface area contributed by atoms with E-state index in [9.17, 15) is 24.8 Å². The van der Waals surface area contributed by atoms with Gasteiger partial charge < -0.3 is 19.6 Å². The number of hydrogen-bond donors (Lipinski definition) is 1. The molecule has 9 heteroatoms. The minimum atomic E-state index is -0.487. The van der Waals surface area contributed by atoms with Crippen LogP contribution in [0.5, 0.6) is 11.5 Å². The summed E-state index contributed by atoms with van der Waals surface area (Å²) in [5.41, 5.74) is 0.479. The molecule has 1 heterocycles. The van der Waals surface area contributed by atoms with Gasteiger partial charge in [-0.25, -0.2) is 0 Å². The Hall–Kier alpha value is -3.62. The maximum absolute atomic E-state index is 12.5. The van der Waals surface area contributed by atoms with Gasteiger partial charge >= 0.3 is 0 Å². The lowest BCUT2D eigenvalue weighted by Gasteiger charge is -2.34. The lowest BCUT2D eigenvalue weighted by atomic mass is 10.1. The summed E-state index contributed by atoms with van der Waals surface area (Å²) in [6.07, 6.45) is 0.183. The van der Waals surface area contributed by atoms with E-state index in [1.165, 1.54) is 36.4 Å². The van der Waals surface area contributed by atoms with E-state index in [4.69, 9.17) is 4.74 Å². The molecule has 0 bridgehead atoms. The third-order valence-corrected chi connectivity index (χ3v) is 4.67. The third-order valence-electron chi connectivity index (χ3n) is 4.67. The molecule has 3 rings (SSSR count). The maximum Gasteiger partial charge on any atom is 0.269 e. The number of nitrogens with zero attached hydrogens (tertiary/aromatic N) is 3. The third kappa shape index (κ3) is 5.22. The first-order valence-electron chi connectivity index (χ1n) is 9.17. The highest BCUT2D eigenvalue weighted by Gasteiger charge is 2.24. The molecular formula is C20H21N3O6. The van der Waals surface area contributed by atoms with Crippen LogP contribution >= 0.6 is 0 Å². The van der Waals surface area contributed by atoms with Gasteiger partial charge in [0, 0.05) is 43.9 Å². The number of phenolic OH excluding ortho intramolecular Hbond substituents is 1. The van der Waals surface area contributed by atoms with Crippen molar-refractivity contribution in [2.75, 3.05) is 32.8 Å². The lowest BCUT2D eigenvalue weighted by Crippen LogP contribution is -2.50. The number of benzene rings is 2. The average molecular weight is 399 g/mol. The molecule has 29 heavy (non-hydrogen) atoms. The van der Waals surface area contributed by atoms with E-state index < -0.39 is 4.92 Å². The molecule has 152 valence electrons. The quantitative estimate of drug-likeness (QED) is 0.588. The summed E-state index contributed by atoms with van der Waals surface area (Å²) < 4.78 is 5.47. The number of carbonyl (C=O) groups is 2. The van der Waals surface area contributed by atoms with Crippen molar-refractivity contribution in [3.05, 3.63) is 64.2 Å². The van der Waals surface area contributed by atoms with Gasteiger partial charge in [0.15, 0.2) is 0 Å². The van der Waals surface area contributed by atoms with Crippen LogP contribution in [0.2, 0.25) is 0 Å². The number of carbonyl (C=O) groups excluding carboxylic acids is 2. The predicted molar refractivity (Wildman–Crippen MR) is 104 cm³/mol. The standard InChI is InChI=1S/C20H21N3O6/c24-17-5-1-15(2-6-17)20(26)22-12-10-21(11-13-22)19(25)9-14-29-18-7-3-16(4-8-18)23(27)28/h1-8,24H,9-14H2. The fraction of sp³-hybridized carbons (Fsp3) is 0.300. The highest BCUT2D eigenvalue weighted by atomic mass is 16.6. The van der Waals surface area contributed by atoms with Crippen LogP contribution in [0.15, 0.2) is 48.5 Å². The average Bonchev–Trinajstić information content (AvgIpc) is 2.74. The van der Waals surface area contributed by atoms with Crippen molar-refractivity contribution in [1.82, 2.24) is 9.80 Å². The number of non-ortho nitro benzene ring substituents is 1. The van der Waals surface area contributed by atoms with Gasteiger partial charge in [-0.3, -0.25) is 19.7 Å².